The molecule has 7 N–H and O–H groups in total. The molecule has 0 atom stereocenters. The fourth-order valence-electron chi connectivity index (χ4n) is 1.70. The van der Waals surface area contributed by atoms with Crippen molar-refractivity contribution in [2.45, 2.75) is 30.8 Å². The number of aryl methyl sites for hydroxylation is 2. The van der Waals surface area contributed by atoms with Crippen LogP contribution in [0.15, 0.2) is 0 Å². The third-order valence-electron chi connectivity index (χ3n) is 3.05. The van der Waals surface area contributed by atoms with Gasteiger partial charge in [-0.25, -0.2) is 4.68 Å². The first kappa shape index (κ1) is 18.2. The van der Waals surface area contributed by atoms with Gasteiger partial charge in [-0.1, -0.05) is 5.21 Å². The predicted molar refractivity (Wildman–Crippen MR) is 72.0 cm³/mol. The molecule has 0 radical (unpaired) electrons. The summed E-state index contributed by atoms with van der Waals surface area (Å²) in [4.78, 5) is 35.8. The normalized spacial score (nSPS) is 13.6. The lowest BCUT2D eigenvalue weighted by Gasteiger charge is -2.29. The Morgan fingerprint density at radius 3 is 2.10 bits per heavy atom. The van der Waals surface area contributed by atoms with Crippen LogP contribution in [0.5, 0.6) is 0 Å². The number of nitrogens with two attached hydrogens (primary N) is 1. The van der Waals surface area contributed by atoms with Gasteiger partial charge in [-0.3, -0.25) is 9.13 Å². The van der Waals surface area contributed by atoms with E-state index in [1.807, 2.05) is 0 Å². The van der Waals surface area contributed by atoms with Gasteiger partial charge in [-0.2, -0.15) is 0 Å². The van der Waals surface area contributed by atoms with Gasteiger partial charge in [-0.05, 0) is 25.7 Å². The maximum Gasteiger partial charge on any atom is 0.369 e. The number of nitrogen functional groups attached to an aromatic ring is 1. The second kappa shape index (κ2) is 6.13. The second-order valence-corrected chi connectivity index (χ2v) is 8.62. The minimum Gasteiger partial charge on any atom is -0.382 e. The predicted octanol–water partition coefficient (Wildman–Crippen LogP) is -0.888. The minimum atomic E-state index is -5.39. The Balaban J connectivity index is 2.66. The van der Waals surface area contributed by atoms with Crippen molar-refractivity contribution in [2.75, 3.05) is 5.73 Å². The van der Waals surface area contributed by atoms with E-state index >= 15 is 0 Å². The van der Waals surface area contributed by atoms with Gasteiger partial charge < -0.3 is 30.4 Å². The van der Waals surface area contributed by atoms with E-state index in [-0.39, 0.29) is 12.8 Å². The molecule has 11 nitrogen and oxygen atoms in total. The average molecular weight is 344 g/mol. The Morgan fingerprint density at radius 1 is 1.19 bits per heavy atom. The highest BCUT2D eigenvalue weighted by molar-refractivity contribution is 7.72. The molecule has 0 saturated heterocycles. The fourth-order valence-corrected chi connectivity index (χ4v) is 3.96. The Morgan fingerprint density at radius 2 is 1.71 bits per heavy atom. The van der Waals surface area contributed by atoms with Crippen LogP contribution in [0.2, 0.25) is 0 Å². The van der Waals surface area contributed by atoms with E-state index in [0.29, 0.717) is 17.9 Å². The van der Waals surface area contributed by atoms with Gasteiger partial charge in [0, 0.05) is 7.05 Å². The van der Waals surface area contributed by atoms with Crippen molar-refractivity contribution in [1.82, 2.24) is 15.0 Å². The van der Waals surface area contributed by atoms with Gasteiger partial charge >= 0.3 is 15.2 Å². The Bertz CT molecular complexity index is 569. The molecule has 1 aromatic rings. The van der Waals surface area contributed by atoms with E-state index in [1.54, 1.807) is 7.05 Å². The second-order valence-electron chi connectivity index (χ2n) is 4.61. The SMILES string of the molecule is Cn1nnc(CCCCC(O)(P(=O)(O)O)P(=O)(O)O)c1N. The highest BCUT2D eigenvalue weighted by Crippen LogP contribution is 2.69. The first-order valence-corrected chi connectivity index (χ1v) is 9.10. The van der Waals surface area contributed by atoms with E-state index in [2.05, 4.69) is 10.3 Å². The van der Waals surface area contributed by atoms with E-state index in [1.165, 1.54) is 4.68 Å². The summed E-state index contributed by atoms with van der Waals surface area (Å²) in [6.45, 7) is 0. The zero-order valence-corrected chi connectivity index (χ0v) is 13.0. The molecule has 0 bridgehead atoms. The van der Waals surface area contributed by atoms with Gasteiger partial charge in [0.25, 0.3) is 5.08 Å². The van der Waals surface area contributed by atoms with Crippen LogP contribution in [-0.2, 0) is 22.6 Å². The van der Waals surface area contributed by atoms with Gasteiger partial charge in [0.15, 0.2) is 0 Å². The van der Waals surface area contributed by atoms with Gasteiger partial charge in [-0.15, -0.1) is 5.10 Å². The lowest BCUT2D eigenvalue weighted by molar-refractivity contribution is 0.120. The third kappa shape index (κ3) is 3.89. The quantitative estimate of drug-likeness (QED) is 0.267. The van der Waals surface area contributed by atoms with Gasteiger partial charge in [0.05, 0.1) is 0 Å². The largest absolute Gasteiger partial charge is 0.382 e. The Kier molecular flexibility index (Phi) is 5.33. The zero-order chi connectivity index (χ0) is 16.5. The molecule has 0 aliphatic rings. The van der Waals surface area contributed by atoms with Gasteiger partial charge in [0.2, 0.25) is 0 Å². The van der Waals surface area contributed by atoms with Crippen LogP contribution in [0.25, 0.3) is 0 Å². The Hall–Kier alpha value is -0.800. The van der Waals surface area contributed by atoms with Crippen LogP contribution in [0.1, 0.15) is 25.0 Å². The number of aliphatic hydroxyl groups is 1. The van der Waals surface area contributed by atoms with Crippen molar-refractivity contribution in [3.05, 3.63) is 5.69 Å². The number of aromatic nitrogens is 3. The molecule has 0 aliphatic heterocycles. The first-order chi connectivity index (χ1) is 9.40. The molecule has 122 valence electrons. The molecule has 0 aliphatic carbocycles. The number of hydrogen-bond donors (Lipinski definition) is 6. The maximum atomic E-state index is 11.1. The summed E-state index contributed by atoms with van der Waals surface area (Å²) in [5.74, 6) is 0.329. The summed E-state index contributed by atoms with van der Waals surface area (Å²) in [5, 5.41) is 13.7. The van der Waals surface area contributed by atoms with Crippen LogP contribution in [-0.4, -0.2) is 44.8 Å². The standard InChI is InChI=1S/C8H18N4O7P2/c1-12-7(9)6(10-11-12)4-2-3-5-8(13,20(14,15)16)21(17,18)19/h13H,2-5,9H2,1H3,(H2,14,15,16)(H2,17,18,19). The van der Waals surface area contributed by atoms with E-state index in [9.17, 15) is 14.2 Å². The van der Waals surface area contributed by atoms with E-state index in [4.69, 9.17) is 25.3 Å². The van der Waals surface area contributed by atoms with Crippen molar-refractivity contribution < 1.29 is 33.8 Å². The molecular formula is C8H18N4O7P2. The number of rotatable bonds is 7. The topological polar surface area (TPSA) is 192 Å². The van der Waals surface area contributed by atoms with Crippen LogP contribution in [0, 0.1) is 0 Å². The molecule has 0 amide bonds. The molecule has 13 heteroatoms. The van der Waals surface area contributed by atoms with E-state index < -0.39 is 26.7 Å². The van der Waals surface area contributed by atoms with Crippen molar-refractivity contribution in [3.8, 4) is 0 Å². The third-order valence-corrected chi connectivity index (χ3v) is 6.93. The summed E-state index contributed by atoms with van der Waals surface area (Å²) in [5.41, 5.74) is 6.11. The maximum absolute atomic E-state index is 11.1. The van der Waals surface area contributed by atoms with Crippen LogP contribution >= 0.6 is 15.2 Å². The highest BCUT2D eigenvalue weighted by Gasteiger charge is 2.58. The fraction of sp³-hybridized carbons (Fsp3) is 0.750. The number of unbranched alkanes of at least 4 members (excludes halogenated alkanes) is 1. The lowest BCUT2D eigenvalue weighted by atomic mass is 10.1. The average Bonchev–Trinajstić information content (AvgIpc) is 2.63. The molecule has 0 fully saturated rings. The van der Waals surface area contributed by atoms with Crippen molar-refractivity contribution in [2.24, 2.45) is 7.05 Å². The highest BCUT2D eigenvalue weighted by atomic mass is 31.2. The van der Waals surface area contributed by atoms with Crippen molar-refractivity contribution in [1.29, 1.82) is 0 Å². The molecule has 0 aromatic carbocycles. The molecule has 0 saturated carbocycles. The summed E-state index contributed by atoms with van der Waals surface area (Å²) in [6, 6.07) is 0. The number of anilines is 1. The van der Waals surface area contributed by atoms with Crippen molar-refractivity contribution in [3.63, 3.8) is 0 Å². The smallest absolute Gasteiger partial charge is 0.369 e. The molecule has 1 heterocycles. The van der Waals surface area contributed by atoms with Crippen LogP contribution < -0.4 is 5.73 Å². The zero-order valence-electron chi connectivity index (χ0n) is 11.2. The van der Waals surface area contributed by atoms with Gasteiger partial charge in [0.1, 0.15) is 11.5 Å². The summed E-state index contributed by atoms with van der Waals surface area (Å²) >= 11 is 0. The molecule has 21 heavy (non-hydrogen) atoms. The monoisotopic (exact) mass is 344 g/mol. The molecule has 1 aromatic heterocycles. The summed E-state index contributed by atoms with van der Waals surface area (Å²) in [7, 11) is -9.19. The first-order valence-electron chi connectivity index (χ1n) is 5.88. The van der Waals surface area contributed by atoms with Crippen molar-refractivity contribution >= 4 is 21.0 Å². The van der Waals surface area contributed by atoms with Crippen LogP contribution in [0.4, 0.5) is 5.82 Å². The molecule has 0 spiro atoms. The molecule has 0 unspecified atom stereocenters. The van der Waals surface area contributed by atoms with Crippen LogP contribution in [0.3, 0.4) is 0 Å². The molecule has 1 rings (SSSR count). The number of hydrogen-bond acceptors (Lipinski definition) is 6. The minimum absolute atomic E-state index is 0.0390. The molecular weight excluding hydrogens is 326 g/mol. The van der Waals surface area contributed by atoms with E-state index in [0.717, 1.165) is 0 Å². The summed E-state index contributed by atoms with van der Waals surface area (Å²) < 4.78 is 23.6. The number of nitrogens with zero attached hydrogens (tertiary/aromatic N) is 3. The Labute approximate surface area is 120 Å². The lowest BCUT2D eigenvalue weighted by Crippen LogP contribution is -2.28. The summed E-state index contributed by atoms with van der Waals surface area (Å²) in [6.07, 6.45) is -0.215.